The Morgan fingerprint density at radius 3 is 3.06 bits per heavy atom. The van der Waals surface area contributed by atoms with Gasteiger partial charge in [-0.15, -0.1) is 0 Å². The second-order valence-corrected chi connectivity index (χ2v) is 3.39. The van der Waals surface area contributed by atoms with Gasteiger partial charge < -0.3 is 9.84 Å². The Morgan fingerprint density at radius 1 is 1.50 bits per heavy atom. The van der Waals surface area contributed by atoms with Crippen LogP contribution in [0.25, 0.3) is 0 Å². The van der Waals surface area contributed by atoms with E-state index in [2.05, 4.69) is 25.0 Å². The number of hydrogen-bond acceptors (Lipinski definition) is 5. The van der Waals surface area contributed by atoms with Crippen LogP contribution in [0.15, 0.2) is 29.4 Å². The van der Waals surface area contributed by atoms with Gasteiger partial charge in [-0.3, -0.25) is 4.98 Å². The molecule has 0 aliphatic carbocycles. The van der Waals surface area contributed by atoms with Crippen molar-refractivity contribution < 1.29 is 8.91 Å². The fraction of sp³-hybridized carbons (Fsp3) is 0.300. The second kappa shape index (κ2) is 4.80. The molecule has 1 N–H and O–H groups in total. The van der Waals surface area contributed by atoms with E-state index in [0.717, 1.165) is 5.56 Å². The quantitative estimate of drug-likeness (QED) is 0.848. The van der Waals surface area contributed by atoms with Crippen molar-refractivity contribution in [3.63, 3.8) is 0 Å². The van der Waals surface area contributed by atoms with E-state index in [1.807, 2.05) is 6.92 Å². The Morgan fingerprint density at radius 2 is 2.38 bits per heavy atom. The zero-order valence-corrected chi connectivity index (χ0v) is 8.72. The zero-order valence-electron chi connectivity index (χ0n) is 8.72. The van der Waals surface area contributed by atoms with Crippen molar-refractivity contribution in [3.8, 4) is 0 Å². The number of hydrogen-bond donors (Lipinski definition) is 1. The van der Waals surface area contributed by atoms with E-state index >= 15 is 0 Å². The normalized spacial score (nSPS) is 12.6. The van der Waals surface area contributed by atoms with Gasteiger partial charge in [0.1, 0.15) is 5.82 Å². The second-order valence-electron chi connectivity index (χ2n) is 3.39. The molecule has 84 valence electrons. The van der Waals surface area contributed by atoms with Crippen LogP contribution in [-0.2, 0) is 6.54 Å². The predicted octanol–water partition coefficient (Wildman–Crippen LogP) is 1.45. The Hall–Kier alpha value is -1.82. The van der Waals surface area contributed by atoms with Gasteiger partial charge in [0.2, 0.25) is 6.39 Å². The van der Waals surface area contributed by atoms with Crippen molar-refractivity contribution in [2.75, 3.05) is 0 Å². The molecule has 0 aromatic carbocycles. The zero-order chi connectivity index (χ0) is 11.4. The van der Waals surface area contributed by atoms with Gasteiger partial charge in [-0.05, 0) is 18.6 Å². The van der Waals surface area contributed by atoms with E-state index in [-0.39, 0.29) is 11.9 Å². The first-order valence-corrected chi connectivity index (χ1v) is 4.85. The van der Waals surface area contributed by atoms with Gasteiger partial charge in [-0.25, -0.2) is 4.39 Å². The molecule has 0 saturated heterocycles. The Bertz CT molecular complexity index is 446. The largest absolute Gasteiger partial charge is 0.343 e. The lowest BCUT2D eigenvalue weighted by atomic mass is 10.1. The Labute approximate surface area is 91.7 Å². The summed E-state index contributed by atoms with van der Waals surface area (Å²) >= 11 is 0. The van der Waals surface area contributed by atoms with Crippen LogP contribution < -0.4 is 5.32 Å². The highest BCUT2D eigenvalue weighted by Gasteiger charge is 2.07. The highest BCUT2D eigenvalue weighted by atomic mass is 19.1. The summed E-state index contributed by atoms with van der Waals surface area (Å²) in [5.74, 6) is 0.224. The molecular formula is C10H11FN4O. The number of rotatable bonds is 4. The summed E-state index contributed by atoms with van der Waals surface area (Å²) in [5.41, 5.74) is 0.781. The number of nitrogens with one attached hydrogen (secondary N) is 1. The van der Waals surface area contributed by atoms with E-state index < -0.39 is 0 Å². The first-order valence-electron chi connectivity index (χ1n) is 4.85. The third kappa shape index (κ3) is 2.60. The molecule has 0 spiro atoms. The topological polar surface area (TPSA) is 63.8 Å². The molecule has 2 aromatic rings. The number of halogens is 1. The lowest BCUT2D eigenvalue weighted by molar-refractivity contribution is 0.405. The van der Waals surface area contributed by atoms with Crippen LogP contribution in [0.2, 0.25) is 0 Å². The van der Waals surface area contributed by atoms with Crippen LogP contribution in [0.3, 0.4) is 0 Å². The Balaban J connectivity index is 1.95. The maximum atomic E-state index is 12.9. The minimum absolute atomic E-state index is 0.0262. The summed E-state index contributed by atoms with van der Waals surface area (Å²) in [6.45, 7) is 2.38. The van der Waals surface area contributed by atoms with Gasteiger partial charge >= 0.3 is 0 Å². The van der Waals surface area contributed by atoms with Crippen molar-refractivity contribution in [2.24, 2.45) is 0 Å². The monoisotopic (exact) mass is 222 g/mol. The first-order chi connectivity index (χ1) is 7.75. The lowest BCUT2D eigenvalue weighted by Crippen LogP contribution is -2.19. The average Bonchev–Trinajstić information content (AvgIpc) is 2.78. The molecule has 0 bridgehead atoms. The number of nitrogens with zero attached hydrogens (tertiary/aromatic N) is 3. The maximum absolute atomic E-state index is 12.9. The fourth-order valence-corrected chi connectivity index (χ4v) is 1.30. The van der Waals surface area contributed by atoms with Gasteiger partial charge in [0.25, 0.3) is 0 Å². The third-order valence-electron chi connectivity index (χ3n) is 2.20. The SMILES string of the molecule is CC(NCc1ncon1)c1cncc(F)c1. The fourth-order valence-electron chi connectivity index (χ4n) is 1.30. The van der Waals surface area contributed by atoms with Crippen LogP contribution in [0.4, 0.5) is 4.39 Å². The number of pyridine rings is 1. The first kappa shape index (κ1) is 10.7. The molecule has 1 atom stereocenters. The van der Waals surface area contributed by atoms with Crippen LogP contribution in [0, 0.1) is 5.82 Å². The molecule has 0 aliphatic rings. The van der Waals surface area contributed by atoms with Gasteiger partial charge in [-0.2, -0.15) is 4.98 Å². The molecule has 2 heterocycles. The molecule has 0 amide bonds. The van der Waals surface area contributed by atoms with E-state index in [4.69, 9.17) is 0 Å². The smallest absolute Gasteiger partial charge is 0.213 e. The molecule has 1 unspecified atom stereocenters. The highest BCUT2D eigenvalue weighted by molar-refractivity contribution is 5.14. The van der Waals surface area contributed by atoms with Crippen molar-refractivity contribution in [1.29, 1.82) is 0 Å². The van der Waals surface area contributed by atoms with Gasteiger partial charge in [0.05, 0.1) is 12.7 Å². The molecule has 0 aliphatic heterocycles. The Kier molecular flexibility index (Phi) is 3.21. The van der Waals surface area contributed by atoms with Crippen LogP contribution >= 0.6 is 0 Å². The summed E-state index contributed by atoms with van der Waals surface area (Å²) in [7, 11) is 0. The van der Waals surface area contributed by atoms with Crippen molar-refractivity contribution in [1.82, 2.24) is 20.4 Å². The van der Waals surface area contributed by atoms with Crippen LogP contribution in [-0.4, -0.2) is 15.1 Å². The van der Waals surface area contributed by atoms with Gasteiger partial charge in [0, 0.05) is 12.2 Å². The van der Waals surface area contributed by atoms with Crippen molar-refractivity contribution in [2.45, 2.75) is 19.5 Å². The van der Waals surface area contributed by atoms with Gasteiger partial charge in [0.15, 0.2) is 5.82 Å². The summed E-state index contributed by atoms with van der Waals surface area (Å²) in [6, 6.07) is 1.42. The van der Waals surface area contributed by atoms with E-state index in [0.29, 0.717) is 12.4 Å². The summed E-state index contributed by atoms with van der Waals surface area (Å²) < 4.78 is 17.5. The number of aromatic nitrogens is 3. The average molecular weight is 222 g/mol. The maximum Gasteiger partial charge on any atom is 0.213 e. The summed E-state index contributed by atoms with van der Waals surface area (Å²) in [4.78, 5) is 7.65. The molecule has 16 heavy (non-hydrogen) atoms. The van der Waals surface area contributed by atoms with Gasteiger partial charge in [-0.1, -0.05) is 5.16 Å². The molecule has 0 radical (unpaired) electrons. The molecule has 5 nitrogen and oxygen atoms in total. The van der Waals surface area contributed by atoms with E-state index in [9.17, 15) is 4.39 Å². The summed E-state index contributed by atoms with van der Waals surface area (Å²) in [6.07, 6.45) is 4.07. The molecule has 0 fully saturated rings. The highest BCUT2D eigenvalue weighted by Crippen LogP contribution is 2.12. The lowest BCUT2D eigenvalue weighted by Gasteiger charge is -2.11. The van der Waals surface area contributed by atoms with Crippen molar-refractivity contribution >= 4 is 0 Å². The van der Waals surface area contributed by atoms with Crippen molar-refractivity contribution in [3.05, 3.63) is 42.1 Å². The molecule has 0 saturated carbocycles. The molecule has 6 heteroatoms. The third-order valence-corrected chi connectivity index (χ3v) is 2.20. The summed E-state index contributed by atoms with van der Waals surface area (Å²) in [5, 5.41) is 6.80. The minimum Gasteiger partial charge on any atom is -0.343 e. The van der Waals surface area contributed by atoms with E-state index in [1.54, 1.807) is 6.20 Å². The molecular weight excluding hydrogens is 211 g/mol. The minimum atomic E-state index is -0.342. The predicted molar refractivity (Wildman–Crippen MR) is 53.7 cm³/mol. The van der Waals surface area contributed by atoms with Crippen LogP contribution in [0.1, 0.15) is 24.4 Å². The van der Waals surface area contributed by atoms with E-state index in [1.165, 1.54) is 18.7 Å². The molecule has 2 aromatic heterocycles. The standard InChI is InChI=1S/C10H11FN4O/c1-7(8-2-9(11)4-12-3-8)13-5-10-14-6-16-15-10/h2-4,6-7,13H,5H2,1H3. The van der Waals surface area contributed by atoms with Crippen LogP contribution in [0.5, 0.6) is 0 Å². The molecule has 2 rings (SSSR count).